The number of ether oxygens (including phenoxy) is 1. The van der Waals surface area contributed by atoms with Crippen LogP contribution in [0.5, 0.6) is 0 Å². The van der Waals surface area contributed by atoms with Gasteiger partial charge in [0.15, 0.2) is 6.29 Å². The van der Waals surface area contributed by atoms with E-state index in [1.165, 1.54) is 6.92 Å². The van der Waals surface area contributed by atoms with Gasteiger partial charge in [0, 0.05) is 0 Å². The molecular formula is C5H10O3. The van der Waals surface area contributed by atoms with Gasteiger partial charge in [-0.05, 0) is 13.8 Å². The van der Waals surface area contributed by atoms with E-state index in [2.05, 4.69) is 4.74 Å². The Hall–Kier alpha value is -0.410. The molecule has 0 saturated heterocycles. The highest BCUT2D eigenvalue weighted by molar-refractivity contribution is 5.55. The van der Waals surface area contributed by atoms with Crippen molar-refractivity contribution in [3.05, 3.63) is 0 Å². The van der Waals surface area contributed by atoms with E-state index in [-0.39, 0.29) is 0 Å². The predicted octanol–water partition coefficient (Wildman–Crippen LogP) is -0.0713. The maximum Gasteiger partial charge on any atom is 0.152 e. The van der Waals surface area contributed by atoms with Crippen LogP contribution in [0.25, 0.3) is 0 Å². The van der Waals surface area contributed by atoms with Gasteiger partial charge in [0.2, 0.25) is 0 Å². The lowest BCUT2D eigenvalue weighted by Crippen LogP contribution is -2.16. The first-order valence-electron chi connectivity index (χ1n) is 2.45. The minimum absolute atomic E-state index is 0.505. The average Bonchev–Trinajstić information content (AvgIpc) is 1.65. The molecule has 48 valence electrons. The van der Waals surface area contributed by atoms with E-state index in [9.17, 15) is 4.79 Å². The zero-order valence-electron chi connectivity index (χ0n) is 5.00. The zero-order chi connectivity index (χ0) is 6.57. The molecule has 0 aliphatic rings. The molecule has 3 heteroatoms. The molecule has 0 fully saturated rings. The Labute approximate surface area is 48.3 Å². The third-order valence-corrected chi connectivity index (χ3v) is 0.603. The van der Waals surface area contributed by atoms with E-state index < -0.39 is 12.4 Å². The minimum Gasteiger partial charge on any atom is -0.368 e. The summed E-state index contributed by atoms with van der Waals surface area (Å²) in [6.07, 6.45) is -0.725. The normalized spacial score (nSPS) is 17.4. The fraction of sp³-hybridized carbons (Fsp3) is 0.800. The molecule has 0 amide bonds. The Bertz CT molecular complexity index is 70.1. The van der Waals surface area contributed by atoms with Crippen molar-refractivity contribution >= 4 is 6.29 Å². The van der Waals surface area contributed by atoms with Gasteiger partial charge in [-0.2, -0.15) is 0 Å². The van der Waals surface area contributed by atoms with E-state index in [4.69, 9.17) is 5.11 Å². The number of aldehydes is 1. The van der Waals surface area contributed by atoms with E-state index in [1.807, 2.05) is 0 Å². The van der Waals surface area contributed by atoms with Gasteiger partial charge in [-0.15, -0.1) is 0 Å². The van der Waals surface area contributed by atoms with Crippen molar-refractivity contribution in [1.82, 2.24) is 0 Å². The van der Waals surface area contributed by atoms with Gasteiger partial charge >= 0.3 is 0 Å². The summed E-state index contributed by atoms with van der Waals surface area (Å²) < 4.78 is 4.59. The molecule has 0 aromatic heterocycles. The zero-order valence-corrected chi connectivity index (χ0v) is 5.00. The van der Waals surface area contributed by atoms with Crippen LogP contribution < -0.4 is 0 Å². The quantitative estimate of drug-likeness (QED) is 0.416. The molecule has 0 rings (SSSR count). The van der Waals surface area contributed by atoms with Crippen LogP contribution in [0.1, 0.15) is 13.8 Å². The molecule has 3 nitrogen and oxygen atoms in total. The van der Waals surface area contributed by atoms with E-state index in [1.54, 1.807) is 6.92 Å². The fourth-order valence-corrected chi connectivity index (χ4v) is 0.343. The van der Waals surface area contributed by atoms with Crippen molar-refractivity contribution in [2.24, 2.45) is 0 Å². The second kappa shape index (κ2) is 3.57. The molecule has 0 aliphatic carbocycles. The summed E-state index contributed by atoms with van der Waals surface area (Å²) in [4.78, 5) is 9.80. The molecule has 0 aliphatic heterocycles. The van der Waals surface area contributed by atoms with Crippen LogP contribution in [-0.2, 0) is 9.53 Å². The highest BCUT2D eigenvalue weighted by atomic mass is 16.6. The van der Waals surface area contributed by atoms with Gasteiger partial charge in [-0.1, -0.05) is 0 Å². The van der Waals surface area contributed by atoms with Gasteiger partial charge in [0.25, 0.3) is 0 Å². The summed E-state index contributed by atoms with van der Waals surface area (Å²) in [5, 5.41) is 8.47. The summed E-state index contributed by atoms with van der Waals surface area (Å²) in [5.41, 5.74) is 0. The second-order valence-corrected chi connectivity index (χ2v) is 1.58. The first kappa shape index (κ1) is 7.59. The molecule has 0 radical (unpaired) electrons. The molecular weight excluding hydrogens is 108 g/mol. The largest absolute Gasteiger partial charge is 0.368 e. The van der Waals surface area contributed by atoms with E-state index >= 15 is 0 Å². The Morgan fingerprint density at radius 2 is 2.12 bits per heavy atom. The van der Waals surface area contributed by atoms with E-state index in [0.29, 0.717) is 6.29 Å². The number of rotatable bonds is 3. The van der Waals surface area contributed by atoms with Crippen LogP contribution in [0, 0.1) is 0 Å². The van der Waals surface area contributed by atoms with Crippen LogP contribution in [-0.4, -0.2) is 23.8 Å². The monoisotopic (exact) mass is 118 g/mol. The number of carbonyl (C=O) groups excluding carboxylic acids is 1. The van der Waals surface area contributed by atoms with Crippen molar-refractivity contribution in [2.75, 3.05) is 0 Å². The summed E-state index contributed by atoms with van der Waals surface area (Å²) >= 11 is 0. The number of hydrogen-bond donors (Lipinski definition) is 1. The third-order valence-electron chi connectivity index (χ3n) is 0.603. The number of aliphatic hydroxyl groups excluding tert-OH is 1. The van der Waals surface area contributed by atoms with Crippen molar-refractivity contribution in [3.63, 3.8) is 0 Å². The molecule has 2 unspecified atom stereocenters. The molecule has 0 saturated carbocycles. The Kier molecular flexibility index (Phi) is 3.39. The molecule has 0 aromatic rings. The molecule has 0 bridgehead atoms. The van der Waals surface area contributed by atoms with Crippen molar-refractivity contribution < 1.29 is 14.6 Å². The molecule has 0 aromatic carbocycles. The average molecular weight is 118 g/mol. The van der Waals surface area contributed by atoms with Crippen LogP contribution in [0.3, 0.4) is 0 Å². The highest BCUT2D eigenvalue weighted by Crippen LogP contribution is 1.89. The van der Waals surface area contributed by atoms with Crippen molar-refractivity contribution in [2.45, 2.75) is 26.2 Å². The predicted molar refractivity (Wildman–Crippen MR) is 28.3 cm³/mol. The molecule has 2 atom stereocenters. The fourth-order valence-electron chi connectivity index (χ4n) is 0.343. The first-order valence-corrected chi connectivity index (χ1v) is 2.45. The maximum atomic E-state index is 9.80. The number of carbonyl (C=O) groups is 1. The molecule has 1 N–H and O–H groups in total. The molecule has 8 heavy (non-hydrogen) atoms. The third kappa shape index (κ3) is 3.77. The van der Waals surface area contributed by atoms with Crippen molar-refractivity contribution in [3.8, 4) is 0 Å². The Balaban J connectivity index is 3.23. The smallest absolute Gasteiger partial charge is 0.152 e. The second-order valence-electron chi connectivity index (χ2n) is 1.58. The van der Waals surface area contributed by atoms with E-state index in [0.717, 1.165) is 0 Å². The van der Waals surface area contributed by atoms with Gasteiger partial charge in [0.05, 0.1) is 0 Å². The van der Waals surface area contributed by atoms with Crippen LogP contribution in [0.15, 0.2) is 0 Å². The van der Waals surface area contributed by atoms with Gasteiger partial charge < -0.3 is 14.6 Å². The van der Waals surface area contributed by atoms with Gasteiger partial charge in [-0.25, -0.2) is 0 Å². The summed E-state index contributed by atoms with van der Waals surface area (Å²) in [6.45, 7) is 3.03. The van der Waals surface area contributed by atoms with Crippen molar-refractivity contribution in [1.29, 1.82) is 0 Å². The van der Waals surface area contributed by atoms with Gasteiger partial charge in [0.1, 0.15) is 12.4 Å². The topological polar surface area (TPSA) is 46.5 Å². The lowest BCUT2D eigenvalue weighted by molar-refractivity contribution is -0.140. The number of hydrogen-bond acceptors (Lipinski definition) is 3. The molecule has 0 heterocycles. The SMILES string of the molecule is CC(O)OC(C)C=O. The van der Waals surface area contributed by atoms with Gasteiger partial charge in [-0.3, -0.25) is 0 Å². The Morgan fingerprint density at radius 1 is 1.62 bits per heavy atom. The summed E-state index contributed by atoms with van der Waals surface area (Å²) in [6, 6.07) is 0. The number of aliphatic hydroxyl groups is 1. The Morgan fingerprint density at radius 3 is 2.25 bits per heavy atom. The lowest BCUT2D eigenvalue weighted by Gasteiger charge is -2.07. The highest BCUT2D eigenvalue weighted by Gasteiger charge is 2.01. The lowest BCUT2D eigenvalue weighted by atomic mass is 10.5. The summed E-state index contributed by atoms with van der Waals surface area (Å²) in [5.74, 6) is 0. The van der Waals surface area contributed by atoms with Crippen LogP contribution in [0.2, 0.25) is 0 Å². The summed E-state index contributed by atoms with van der Waals surface area (Å²) in [7, 11) is 0. The maximum absolute atomic E-state index is 9.80. The minimum atomic E-state index is -0.852. The molecule has 0 spiro atoms. The standard InChI is InChI=1S/C5H10O3/c1-4(3-6)8-5(2)7/h3-5,7H,1-2H3. The first-order chi connectivity index (χ1) is 3.66. The van der Waals surface area contributed by atoms with Crippen LogP contribution in [0.4, 0.5) is 0 Å². The van der Waals surface area contributed by atoms with Crippen LogP contribution >= 0.6 is 0 Å².